The molecule has 182 valence electrons. The number of phenols is 1. The topological polar surface area (TPSA) is 117 Å². The number of aliphatic hydroxyl groups is 1. The number of anilines is 1. The Hall–Kier alpha value is -3.27. The molecule has 0 aliphatic carbocycles. The van der Waals surface area contributed by atoms with E-state index in [9.17, 15) is 18.6 Å². The molecule has 2 unspecified atom stereocenters. The van der Waals surface area contributed by atoms with Crippen LogP contribution in [0.15, 0.2) is 66.7 Å². The average molecular weight is 487 g/mol. The van der Waals surface area contributed by atoms with Gasteiger partial charge in [-0.1, -0.05) is 42.5 Å². The van der Waals surface area contributed by atoms with E-state index in [0.717, 1.165) is 17.4 Å². The Kier molecular flexibility index (Phi) is 8.38. The van der Waals surface area contributed by atoms with Gasteiger partial charge in [0, 0.05) is 12.6 Å². The molecule has 3 rings (SSSR count). The van der Waals surface area contributed by atoms with Crippen molar-refractivity contribution in [3.63, 3.8) is 0 Å². The van der Waals surface area contributed by atoms with Gasteiger partial charge in [0.05, 0.1) is 32.3 Å². The zero-order chi connectivity index (χ0) is 24.7. The summed E-state index contributed by atoms with van der Waals surface area (Å²) in [5.74, 6) is 1.07. The third-order valence-corrected chi connectivity index (χ3v) is 5.94. The second-order valence-electron chi connectivity index (χ2n) is 7.93. The largest absolute Gasteiger partial charge is 0.506 e. The van der Waals surface area contributed by atoms with E-state index in [1.165, 1.54) is 12.1 Å². The summed E-state index contributed by atoms with van der Waals surface area (Å²) in [7, 11) is -0.392. The van der Waals surface area contributed by atoms with E-state index in [-0.39, 0.29) is 24.0 Å². The summed E-state index contributed by atoms with van der Waals surface area (Å²) in [4.78, 5) is 0. The van der Waals surface area contributed by atoms with Gasteiger partial charge >= 0.3 is 0 Å². The minimum atomic E-state index is -3.58. The number of hydrogen-bond acceptors (Lipinski definition) is 7. The molecule has 8 nitrogen and oxygen atoms in total. The molecule has 9 heteroatoms. The first kappa shape index (κ1) is 25.4. The molecule has 2 atom stereocenters. The molecule has 0 heterocycles. The second-order valence-corrected chi connectivity index (χ2v) is 9.68. The van der Waals surface area contributed by atoms with Crippen LogP contribution in [0.1, 0.15) is 28.8 Å². The second kappa shape index (κ2) is 11.2. The lowest BCUT2D eigenvalue weighted by atomic mass is 9.98. The predicted molar refractivity (Wildman–Crippen MR) is 132 cm³/mol. The third kappa shape index (κ3) is 6.86. The van der Waals surface area contributed by atoms with Crippen LogP contribution >= 0.6 is 0 Å². The highest BCUT2D eigenvalue weighted by Gasteiger charge is 2.18. The number of rotatable bonds is 11. The molecule has 0 aliphatic heterocycles. The number of sulfonamides is 1. The number of ether oxygens (including phenoxy) is 2. The molecule has 0 saturated carbocycles. The molecule has 3 aromatic rings. The molecule has 0 radical (unpaired) electrons. The van der Waals surface area contributed by atoms with Crippen molar-refractivity contribution in [2.24, 2.45) is 0 Å². The van der Waals surface area contributed by atoms with Crippen molar-refractivity contribution in [1.29, 1.82) is 0 Å². The van der Waals surface area contributed by atoms with E-state index in [2.05, 4.69) is 10.0 Å². The molecule has 0 aromatic heterocycles. The number of methoxy groups -OCH3 is 2. The molecular formula is C25H30N2O6S. The SMILES string of the molecule is COc1ccc(CC(NCC(O)c2ccc(O)c(NS(C)(=O)=O)c2)c2ccccc2)cc1OC. The Morgan fingerprint density at radius 1 is 0.912 bits per heavy atom. The molecule has 0 amide bonds. The zero-order valence-corrected chi connectivity index (χ0v) is 20.2. The molecule has 4 N–H and O–H groups in total. The Morgan fingerprint density at radius 2 is 1.62 bits per heavy atom. The average Bonchev–Trinajstić information content (AvgIpc) is 2.82. The van der Waals surface area contributed by atoms with Gasteiger partial charge in [-0.3, -0.25) is 4.72 Å². The Labute approximate surface area is 200 Å². The van der Waals surface area contributed by atoms with E-state index in [1.807, 2.05) is 48.5 Å². The highest BCUT2D eigenvalue weighted by Crippen LogP contribution is 2.31. The molecule has 0 aliphatic rings. The zero-order valence-electron chi connectivity index (χ0n) is 19.4. The maximum atomic E-state index is 11.6. The van der Waals surface area contributed by atoms with E-state index in [0.29, 0.717) is 23.5 Å². The summed E-state index contributed by atoms with van der Waals surface area (Å²) >= 11 is 0. The Bertz CT molecular complexity index is 1200. The first-order chi connectivity index (χ1) is 16.2. The lowest BCUT2D eigenvalue weighted by molar-refractivity contribution is 0.169. The number of aromatic hydroxyl groups is 1. The van der Waals surface area contributed by atoms with Crippen molar-refractivity contribution in [1.82, 2.24) is 5.32 Å². The van der Waals surface area contributed by atoms with Crippen LogP contribution in [0.5, 0.6) is 17.2 Å². The fourth-order valence-electron chi connectivity index (χ4n) is 3.65. The Morgan fingerprint density at radius 3 is 2.26 bits per heavy atom. The number of nitrogens with one attached hydrogen (secondary N) is 2. The van der Waals surface area contributed by atoms with Crippen molar-refractivity contribution < 1.29 is 28.1 Å². The standard InChI is InChI=1S/C25H30N2O6S/c1-32-24-12-9-17(14-25(24)33-2)13-20(18-7-5-4-6-8-18)26-16-23(29)19-10-11-22(28)21(15-19)27-34(3,30)31/h4-12,14-15,20,23,26-29H,13,16H2,1-3H3. The highest BCUT2D eigenvalue weighted by molar-refractivity contribution is 7.92. The van der Waals surface area contributed by atoms with Gasteiger partial charge < -0.3 is 25.0 Å². The van der Waals surface area contributed by atoms with Crippen LogP contribution in [-0.4, -0.2) is 45.7 Å². The molecule has 0 bridgehead atoms. The monoisotopic (exact) mass is 486 g/mol. The van der Waals surface area contributed by atoms with E-state index in [4.69, 9.17) is 9.47 Å². The number of hydrogen-bond donors (Lipinski definition) is 4. The van der Waals surface area contributed by atoms with Crippen LogP contribution < -0.4 is 19.5 Å². The van der Waals surface area contributed by atoms with Crippen molar-refractivity contribution in [3.8, 4) is 17.2 Å². The molecule has 0 fully saturated rings. The minimum Gasteiger partial charge on any atom is -0.506 e. The van der Waals surface area contributed by atoms with Crippen LogP contribution in [0.2, 0.25) is 0 Å². The van der Waals surface area contributed by atoms with Crippen LogP contribution in [0.4, 0.5) is 5.69 Å². The summed E-state index contributed by atoms with van der Waals surface area (Å²) < 4.78 is 36.1. The van der Waals surface area contributed by atoms with Crippen LogP contribution in [-0.2, 0) is 16.4 Å². The predicted octanol–water partition coefficient (Wildman–Crippen LogP) is 3.39. The van der Waals surface area contributed by atoms with Gasteiger partial charge in [0.2, 0.25) is 10.0 Å². The van der Waals surface area contributed by atoms with E-state index < -0.39 is 16.1 Å². The number of aliphatic hydroxyl groups excluding tert-OH is 1. The maximum Gasteiger partial charge on any atom is 0.229 e. The van der Waals surface area contributed by atoms with Crippen LogP contribution in [0.25, 0.3) is 0 Å². The van der Waals surface area contributed by atoms with Gasteiger partial charge in [0.15, 0.2) is 11.5 Å². The van der Waals surface area contributed by atoms with Gasteiger partial charge in [-0.2, -0.15) is 0 Å². The highest BCUT2D eigenvalue weighted by atomic mass is 32.2. The van der Waals surface area contributed by atoms with Gasteiger partial charge in [-0.25, -0.2) is 8.42 Å². The lowest BCUT2D eigenvalue weighted by Crippen LogP contribution is -2.28. The van der Waals surface area contributed by atoms with Crippen molar-refractivity contribution in [3.05, 3.63) is 83.4 Å². The summed E-state index contributed by atoms with van der Waals surface area (Å²) in [6.07, 6.45) is 0.695. The first-order valence-corrected chi connectivity index (χ1v) is 12.6. The van der Waals surface area contributed by atoms with Crippen LogP contribution in [0.3, 0.4) is 0 Å². The quantitative estimate of drug-likeness (QED) is 0.307. The van der Waals surface area contributed by atoms with Crippen molar-refractivity contribution in [2.75, 3.05) is 31.7 Å². The molecule has 0 spiro atoms. The maximum absolute atomic E-state index is 11.6. The van der Waals surface area contributed by atoms with Crippen molar-refractivity contribution >= 4 is 15.7 Å². The molecule has 3 aromatic carbocycles. The fraction of sp³-hybridized carbons (Fsp3) is 0.280. The molecular weight excluding hydrogens is 456 g/mol. The number of benzene rings is 3. The Balaban J connectivity index is 1.78. The van der Waals surface area contributed by atoms with Crippen LogP contribution in [0, 0.1) is 0 Å². The van der Waals surface area contributed by atoms with Crippen molar-refractivity contribution in [2.45, 2.75) is 18.6 Å². The molecule has 0 saturated heterocycles. The summed E-state index contributed by atoms with van der Waals surface area (Å²) in [6, 6.07) is 19.9. The van der Waals surface area contributed by atoms with E-state index in [1.54, 1.807) is 20.3 Å². The lowest BCUT2D eigenvalue weighted by Gasteiger charge is -2.22. The first-order valence-electron chi connectivity index (χ1n) is 10.7. The summed E-state index contributed by atoms with van der Waals surface area (Å²) in [6.45, 7) is 0.204. The van der Waals surface area contributed by atoms with E-state index >= 15 is 0 Å². The van der Waals surface area contributed by atoms with Gasteiger partial charge in [-0.15, -0.1) is 0 Å². The smallest absolute Gasteiger partial charge is 0.229 e. The summed E-state index contributed by atoms with van der Waals surface area (Å²) in [5, 5.41) is 24.1. The number of phenolic OH excluding ortho intramolecular Hbond substituents is 1. The third-order valence-electron chi connectivity index (χ3n) is 5.35. The fourth-order valence-corrected chi connectivity index (χ4v) is 4.21. The van der Waals surface area contributed by atoms with Gasteiger partial charge in [-0.05, 0) is 47.4 Å². The van der Waals surface area contributed by atoms with Gasteiger partial charge in [0.25, 0.3) is 0 Å². The molecule has 34 heavy (non-hydrogen) atoms. The normalized spacial score (nSPS) is 13.2. The summed E-state index contributed by atoms with van der Waals surface area (Å²) in [5.41, 5.74) is 2.56. The minimum absolute atomic E-state index is 0.0176. The van der Waals surface area contributed by atoms with Gasteiger partial charge in [0.1, 0.15) is 5.75 Å².